The van der Waals surface area contributed by atoms with Crippen LogP contribution in [0.4, 0.5) is 18.9 Å². The van der Waals surface area contributed by atoms with Gasteiger partial charge in [0, 0.05) is 35.1 Å². The monoisotopic (exact) mass is 448 g/mol. The molecular weight excluding hydrogens is 436 g/mol. The van der Waals surface area contributed by atoms with Gasteiger partial charge in [-0.15, -0.1) is 0 Å². The van der Waals surface area contributed by atoms with Gasteiger partial charge in [0.2, 0.25) is 5.28 Å². The van der Waals surface area contributed by atoms with E-state index in [0.29, 0.717) is 22.0 Å². The van der Waals surface area contributed by atoms with E-state index in [1.165, 1.54) is 24.4 Å². The predicted molar refractivity (Wildman–Crippen MR) is 112 cm³/mol. The van der Waals surface area contributed by atoms with Crippen molar-refractivity contribution in [2.75, 3.05) is 5.32 Å². The van der Waals surface area contributed by atoms with Crippen LogP contribution in [0.2, 0.25) is 10.3 Å². The van der Waals surface area contributed by atoms with Crippen molar-refractivity contribution in [3.8, 4) is 11.1 Å². The number of nitrogens with one attached hydrogen (secondary N) is 1. The topological polar surface area (TPSA) is 50.7 Å². The van der Waals surface area contributed by atoms with Crippen LogP contribution in [-0.4, -0.2) is 21.4 Å². The first-order valence-electron chi connectivity index (χ1n) is 8.79. The van der Waals surface area contributed by atoms with E-state index in [1.54, 1.807) is 30.6 Å². The van der Waals surface area contributed by atoms with Gasteiger partial charge >= 0.3 is 0 Å². The average Bonchev–Trinajstić information content (AvgIpc) is 2.74. The minimum absolute atomic E-state index is 0.108. The summed E-state index contributed by atoms with van der Waals surface area (Å²) in [7, 11) is 0. The van der Waals surface area contributed by atoms with Gasteiger partial charge in [-0.1, -0.05) is 35.9 Å². The van der Waals surface area contributed by atoms with Crippen molar-refractivity contribution in [2.24, 2.45) is 0 Å². The van der Waals surface area contributed by atoms with E-state index < -0.39 is 18.3 Å². The Morgan fingerprint density at radius 2 is 1.60 bits per heavy atom. The summed E-state index contributed by atoms with van der Waals surface area (Å²) >= 11 is 12.0. The highest BCUT2D eigenvalue weighted by molar-refractivity contribution is 6.34. The highest BCUT2D eigenvalue weighted by atomic mass is 35.5. The molecule has 0 saturated carbocycles. The van der Waals surface area contributed by atoms with Crippen molar-refractivity contribution in [3.63, 3.8) is 0 Å². The second kappa shape index (κ2) is 8.45. The van der Waals surface area contributed by atoms with Crippen LogP contribution in [0.5, 0.6) is 0 Å². The number of nitrogens with zero attached hydrogens (tertiary/aromatic N) is 3. The summed E-state index contributed by atoms with van der Waals surface area (Å²) in [6.45, 7) is 0. The molecule has 0 bridgehead atoms. The van der Waals surface area contributed by atoms with Crippen molar-refractivity contribution < 1.29 is 13.2 Å². The van der Waals surface area contributed by atoms with E-state index in [2.05, 4.69) is 20.3 Å². The minimum atomic E-state index is -2.88. The fourth-order valence-electron chi connectivity index (χ4n) is 3.12. The summed E-state index contributed by atoms with van der Waals surface area (Å²) < 4.78 is 41.9. The van der Waals surface area contributed by atoms with Gasteiger partial charge in [-0.3, -0.25) is 4.98 Å². The number of anilines is 1. The highest BCUT2D eigenvalue weighted by Crippen LogP contribution is 2.37. The van der Waals surface area contributed by atoms with Crippen LogP contribution in [0.15, 0.2) is 61.1 Å². The summed E-state index contributed by atoms with van der Waals surface area (Å²) in [6.07, 6.45) is 1.57. The number of rotatable bonds is 5. The van der Waals surface area contributed by atoms with E-state index in [0.717, 1.165) is 6.07 Å². The second-order valence-corrected chi connectivity index (χ2v) is 7.18. The Bertz CT molecular complexity index is 1200. The summed E-state index contributed by atoms with van der Waals surface area (Å²) in [5.74, 6) is -0.733. The normalized spacial score (nSPS) is 12.3. The van der Waals surface area contributed by atoms with Crippen LogP contribution < -0.4 is 5.32 Å². The lowest BCUT2D eigenvalue weighted by molar-refractivity contribution is 0.123. The first-order chi connectivity index (χ1) is 14.4. The number of fused-ring (bicyclic) bond motifs is 1. The minimum Gasteiger partial charge on any atom is -0.371 e. The molecule has 0 aliphatic heterocycles. The van der Waals surface area contributed by atoms with Crippen LogP contribution in [0.3, 0.4) is 0 Å². The lowest BCUT2D eigenvalue weighted by atomic mass is 10.0. The van der Waals surface area contributed by atoms with Crippen LogP contribution >= 0.6 is 23.2 Å². The molecule has 1 atom stereocenters. The Kier molecular flexibility index (Phi) is 5.74. The molecule has 4 rings (SSSR count). The first-order valence-corrected chi connectivity index (χ1v) is 9.55. The smallest absolute Gasteiger partial charge is 0.262 e. The fraction of sp³-hybridized carbons (Fsp3) is 0.0952. The molecule has 9 heteroatoms. The average molecular weight is 449 g/mol. The largest absolute Gasteiger partial charge is 0.371 e. The third-order valence-corrected chi connectivity index (χ3v) is 5.05. The van der Waals surface area contributed by atoms with E-state index in [4.69, 9.17) is 23.2 Å². The molecular formula is C21H13Cl2F3N4. The zero-order valence-corrected chi connectivity index (χ0v) is 16.7. The molecule has 4 aromatic rings. The van der Waals surface area contributed by atoms with Gasteiger partial charge < -0.3 is 5.32 Å². The molecule has 4 nitrogen and oxygen atoms in total. The summed E-state index contributed by atoms with van der Waals surface area (Å²) in [4.78, 5) is 12.2. The lowest BCUT2D eigenvalue weighted by Crippen LogP contribution is -2.20. The molecule has 0 fully saturated rings. The van der Waals surface area contributed by atoms with Gasteiger partial charge in [0.25, 0.3) is 6.43 Å². The van der Waals surface area contributed by atoms with Gasteiger partial charge in [-0.25, -0.2) is 23.1 Å². The van der Waals surface area contributed by atoms with Crippen molar-refractivity contribution in [1.82, 2.24) is 15.0 Å². The molecule has 2 heterocycles. The quantitative estimate of drug-likeness (QED) is 0.351. The molecule has 0 aliphatic rings. The van der Waals surface area contributed by atoms with E-state index >= 15 is 0 Å². The number of halogens is 5. The molecule has 30 heavy (non-hydrogen) atoms. The van der Waals surface area contributed by atoms with E-state index in [-0.39, 0.29) is 21.6 Å². The van der Waals surface area contributed by atoms with Crippen molar-refractivity contribution in [2.45, 2.75) is 12.5 Å². The maximum absolute atomic E-state index is 14.2. The number of hydrogen-bond acceptors (Lipinski definition) is 4. The highest BCUT2D eigenvalue weighted by Gasteiger charge is 2.26. The zero-order chi connectivity index (χ0) is 21.3. The van der Waals surface area contributed by atoms with Crippen LogP contribution in [-0.2, 0) is 0 Å². The number of alkyl halides is 2. The molecule has 2 aromatic carbocycles. The zero-order valence-electron chi connectivity index (χ0n) is 15.2. The Morgan fingerprint density at radius 3 is 2.30 bits per heavy atom. The fourth-order valence-corrected chi connectivity index (χ4v) is 3.42. The molecule has 0 saturated heterocycles. The van der Waals surface area contributed by atoms with Gasteiger partial charge in [0.1, 0.15) is 11.9 Å². The molecule has 152 valence electrons. The number of hydrogen-bond donors (Lipinski definition) is 1. The van der Waals surface area contributed by atoms with Crippen LogP contribution in [0.25, 0.3) is 22.0 Å². The summed E-state index contributed by atoms with van der Waals surface area (Å²) in [5.41, 5.74) is 1.99. The number of benzene rings is 2. The number of aromatic nitrogens is 3. The Hall–Kier alpha value is -2.90. The maximum atomic E-state index is 14.2. The maximum Gasteiger partial charge on any atom is 0.262 e. The van der Waals surface area contributed by atoms with Crippen molar-refractivity contribution in [1.29, 1.82) is 0 Å². The summed E-state index contributed by atoms with van der Waals surface area (Å²) in [5, 5.41) is 3.46. The molecule has 0 radical (unpaired) electrons. The Labute approximate surface area is 179 Å². The lowest BCUT2D eigenvalue weighted by Gasteiger charge is -2.22. The molecule has 1 N–H and O–H groups in total. The SMILES string of the molecule is Fc1ccccc1[C@H](Nc1c(Cl)cnc2ccc(-c3cnc(Cl)nc3)cc12)C(F)F. The van der Waals surface area contributed by atoms with Gasteiger partial charge in [-0.2, -0.15) is 0 Å². The Balaban J connectivity index is 1.82. The standard InChI is InChI=1S/C21H13Cl2F3N4/c22-15-10-27-17-6-5-11(12-8-28-21(23)29-9-12)7-14(17)18(15)30-19(20(25)26)13-3-1-2-4-16(13)24/h1-10,19-20H,(H,27,30)/t19-/m0/s1. The predicted octanol–water partition coefficient (Wildman–Crippen LogP) is 6.56. The molecule has 0 unspecified atom stereocenters. The van der Waals surface area contributed by atoms with Gasteiger partial charge in [-0.05, 0) is 35.4 Å². The van der Waals surface area contributed by atoms with Gasteiger partial charge in [0.15, 0.2) is 0 Å². The van der Waals surface area contributed by atoms with E-state index in [1.807, 2.05) is 0 Å². The molecule has 0 spiro atoms. The molecule has 2 aromatic heterocycles. The molecule has 0 aliphatic carbocycles. The Morgan fingerprint density at radius 1 is 0.867 bits per heavy atom. The van der Waals surface area contributed by atoms with Crippen molar-refractivity contribution in [3.05, 3.63) is 82.7 Å². The number of pyridine rings is 1. The third-order valence-electron chi connectivity index (χ3n) is 4.57. The van der Waals surface area contributed by atoms with Gasteiger partial charge in [0.05, 0.1) is 16.2 Å². The van der Waals surface area contributed by atoms with Crippen molar-refractivity contribution >= 4 is 39.8 Å². The van der Waals surface area contributed by atoms with E-state index in [9.17, 15) is 13.2 Å². The molecule has 0 amide bonds. The van der Waals surface area contributed by atoms with Crippen LogP contribution in [0, 0.1) is 5.82 Å². The third kappa shape index (κ3) is 4.04. The first kappa shape index (κ1) is 20.4. The van der Waals surface area contributed by atoms with Crippen LogP contribution in [0.1, 0.15) is 11.6 Å². The second-order valence-electron chi connectivity index (χ2n) is 6.43. The summed E-state index contributed by atoms with van der Waals surface area (Å²) in [6, 6.07) is 9.04.